The third-order valence-corrected chi connectivity index (χ3v) is 6.92. The minimum Gasteiger partial charge on any atom is -0.508 e. The number of fused-ring (bicyclic) bond motifs is 1. The lowest BCUT2D eigenvalue weighted by Gasteiger charge is -2.49. The van der Waals surface area contributed by atoms with Crippen LogP contribution in [0.2, 0.25) is 0 Å². The smallest absolute Gasteiger partial charge is 0.115 e. The zero-order valence-electron chi connectivity index (χ0n) is 16.6. The first kappa shape index (κ1) is 18.5. The molecule has 2 fully saturated rings. The second-order valence-corrected chi connectivity index (χ2v) is 8.80. The Morgan fingerprint density at radius 1 is 1.04 bits per heavy atom. The molecule has 2 saturated heterocycles. The molecule has 0 radical (unpaired) electrons. The van der Waals surface area contributed by atoms with Crippen molar-refractivity contribution in [3.63, 3.8) is 0 Å². The van der Waals surface area contributed by atoms with Crippen LogP contribution < -0.4 is 0 Å². The number of hydrogen-bond acceptors (Lipinski definition) is 3. The molecular weight excluding hydrogens is 332 g/mol. The van der Waals surface area contributed by atoms with E-state index in [1.807, 2.05) is 12.1 Å². The molecule has 2 aliphatic rings. The lowest BCUT2D eigenvalue weighted by Crippen LogP contribution is -2.54. The Labute approximate surface area is 163 Å². The number of phenols is 1. The van der Waals surface area contributed by atoms with Gasteiger partial charge in [0.05, 0.1) is 0 Å². The summed E-state index contributed by atoms with van der Waals surface area (Å²) in [5, 5.41) is 10.0. The minimum absolute atomic E-state index is 0.114. The van der Waals surface area contributed by atoms with Crippen molar-refractivity contribution in [2.24, 2.45) is 5.92 Å². The normalized spacial score (nSPS) is 29.9. The molecule has 0 saturated carbocycles. The van der Waals surface area contributed by atoms with Crippen molar-refractivity contribution in [2.45, 2.75) is 44.7 Å². The summed E-state index contributed by atoms with van der Waals surface area (Å²) < 4.78 is 0. The van der Waals surface area contributed by atoms with Gasteiger partial charge in [0.25, 0.3) is 0 Å². The fourth-order valence-corrected chi connectivity index (χ4v) is 5.11. The number of aromatic hydroxyl groups is 1. The topological polar surface area (TPSA) is 26.7 Å². The van der Waals surface area contributed by atoms with Crippen LogP contribution in [0.4, 0.5) is 0 Å². The highest BCUT2D eigenvalue weighted by atomic mass is 16.3. The Bertz CT molecular complexity index is 762. The highest BCUT2D eigenvalue weighted by molar-refractivity contribution is 5.34. The van der Waals surface area contributed by atoms with Crippen molar-refractivity contribution in [3.05, 3.63) is 65.7 Å². The number of piperidine rings is 1. The van der Waals surface area contributed by atoms with Crippen LogP contribution in [0.25, 0.3) is 0 Å². The van der Waals surface area contributed by atoms with Crippen LogP contribution in [0.1, 0.15) is 37.8 Å². The molecule has 3 heteroatoms. The van der Waals surface area contributed by atoms with E-state index in [9.17, 15) is 5.11 Å². The molecule has 2 aromatic rings. The molecule has 0 amide bonds. The molecule has 2 aliphatic heterocycles. The SMILES string of the molecule is C[C@H]1CN2CCCN(Cc3ccccc3)CC2CC1(C)c1cccc(O)c1. The van der Waals surface area contributed by atoms with Crippen LogP contribution in [-0.2, 0) is 12.0 Å². The van der Waals surface area contributed by atoms with Gasteiger partial charge < -0.3 is 5.11 Å². The van der Waals surface area contributed by atoms with E-state index in [1.165, 1.54) is 30.6 Å². The Hall–Kier alpha value is -1.84. The Kier molecular flexibility index (Phi) is 5.25. The van der Waals surface area contributed by atoms with Gasteiger partial charge in [-0.05, 0) is 60.5 Å². The summed E-state index contributed by atoms with van der Waals surface area (Å²) in [4.78, 5) is 5.36. The molecule has 2 aromatic carbocycles. The third-order valence-electron chi connectivity index (χ3n) is 6.92. The van der Waals surface area contributed by atoms with Crippen LogP contribution in [-0.4, -0.2) is 47.1 Å². The standard InChI is InChI=1S/C24H32N2O/c1-19-16-26-13-7-12-25(17-20-8-4-3-5-9-20)18-22(26)15-24(19,2)21-10-6-11-23(27)14-21/h3-6,8-11,14,19,22,27H,7,12-13,15-18H2,1-2H3/t19-,22?,24?/m0/s1. The molecule has 0 aromatic heterocycles. The summed E-state index contributed by atoms with van der Waals surface area (Å²) in [7, 11) is 0. The second-order valence-electron chi connectivity index (χ2n) is 8.80. The molecule has 0 spiro atoms. The Balaban J connectivity index is 1.54. The van der Waals surface area contributed by atoms with Gasteiger partial charge in [-0.2, -0.15) is 0 Å². The lowest BCUT2D eigenvalue weighted by atomic mass is 9.66. The zero-order chi connectivity index (χ0) is 18.9. The van der Waals surface area contributed by atoms with Crippen molar-refractivity contribution >= 4 is 0 Å². The van der Waals surface area contributed by atoms with E-state index in [0.29, 0.717) is 17.7 Å². The van der Waals surface area contributed by atoms with Gasteiger partial charge in [-0.3, -0.25) is 9.80 Å². The van der Waals surface area contributed by atoms with Crippen LogP contribution in [0.3, 0.4) is 0 Å². The summed E-state index contributed by atoms with van der Waals surface area (Å²) in [5.74, 6) is 0.964. The maximum atomic E-state index is 10.0. The van der Waals surface area contributed by atoms with Gasteiger partial charge in [-0.25, -0.2) is 0 Å². The van der Waals surface area contributed by atoms with Crippen LogP contribution in [0.5, 0.6) is 5.75 Å². The number of phenolic OH excluding ortho intramolecular Hbond substituents is 1. The summed E-state index contributed by atoms with van der Waals surface area (Å²) in [6.07, 6.45) is 2.40. The molecule has 144 valence electrons. The van der Waals surface area contributed by atoms with Crippen LogP contribution in [0.15, 0.2) is 54.6 Å². The van der Waals surface area contributed by atoms with Gasteiger partial charge in [-0.15, -0.1) is 0 Å². The number of hydrogen-bond donors (Lipinski definition) is 1. The molecule has 4 rings (SSSR count). The first-order valence-electron chi connectivity index (χ1n) is 10.3. The molecule has 3 nitrogen and oxygen atoms in total. The van der Waals surface area contributed by atoms with Crippen molar-refractivity contribution in [1.29, 1.82) is 0 Å². The maximum Gasteiger partial charge on any atom is 0.115 e. The Morgan fingerprint density at radius 2 is 1.85 bits per heavy atom. The van der Waals surface area contributed by atoms with Crippen LogP contribution in [0, 0.1) is 5.92 Å². The van der Waals surface area contributed by atoms with Gasteiger partial charge in [0.2, 0.25) is 0 Å². The minimum atomic E-state index is 0.114. The van der Waals surface area contributed by atoms with E-state index >= 15 is 0 Å². The number of nitrogens with zero attached hydrogens (tertiary/aromatic N) is 2. The fraction of sp³-hybridized carbons (Fsp3) is 0.500. The molecule has 0 bridgehead atoms. The van der Waals surface area contributed by atoms with Gasteiger partial charge in [0.15, 0.2) is 0 Å². The molecule has 27 heavy (non-hydrogen) atoms. The van der Waals surface area contributed by atoms with Crippen molar-refractivity contribution in [3.8, 4) is 5.75 Å². The van der Waals surface area contributed by atoms with E-state index in [4.69, 9.17) is 0 Å². The summed E-state index contributed by atoms with van der Waals surface area (Å²) in [6.45, 7) is 10.5. The molecule has 2 heterocycles. The van der Waals surface area contributed by atoms with Crippen molar-refractivity contribution in [2.75, 3.05) is 26.2 Å². The van der Waals surface area contributed by atoms with Crippen molar-refractivity contribution < 1.29 is 5.11 Å². The molecule has 0 aliphatic carbocycles. The largest absolute Gasteiger partial charge is 0.508 e. The second kappa shape index (κ2) is 7.65. The fourth-order valence-electron chi connectivity index (χ4n) is 5.11. The summed E-state index contributed by atoms with van der Waals surface area (Å²) in [6, 6.07) is 19.4. The summed E-state index contributed by atoms with van der Waals surface area (Å²) in [5.41, 5.74) is 2.81. The predicted molar refractivity (Wildman–Crippen MR) is 111 cm³/mol. The highest BCUT2D eigenvalue weighted by Crippen LogP contribution is 2.43. The number of benzene rings is 2. The average molecular weight is 365 g/mol. The number of rotatable bonds is 3. The first-order chi connectivity index (χ1) is 13.0. The van der Waals surface area contributed by atoms with Gasteiger partial charge in [0.1, 0.15) is 5.75 Å². The first-order valence-corrected chi connectivity index (χ1v) is 10.3. The summed E-state index contributed by atoms with van der Waals surface area (Å²) >= 11 is 0. The van der Waals surface area contributed by atoms with Gasteiger partial charge >= 0.3 is 0 Å². The molecule has 3 atom stereocenters. The maximum absolute atomic E-state index is 10.0. The van der Waals surface area contributed by atoms with Crippen molar-refractivity contribution in [1.82, 2.24) is 9.80 Å². The zero-order valence-corrected chi connectivity index (χ0v) is 16.6. The quantitative estimate of drug-likeness (QED) is 0.881. The van der Waals surface area contributed by atoms with E-state index in [1.54, 1.807) is 6.07 Å². The highest BCUT2D eigenvalue weighted by Gasteiger charge is 2.43. The van der Waals surface area contributed by atoms with E-state index in [-0.39, 0.29) is 5.41 Å². The van der Waals surface area contributed by atoms with Gasteiger partial charge in [-0.1, -0.05) is 56.3 Å². The predicted octanol–water partition coefficient (Wildman–Crippen LogP) is 4.27. The lowest BCUT2D eigenvalue weighted by molar-refractivity contribution is 0.0503. The van der Waals surface area contributed by atoms with E-state index < -0.39 is 0 Å². The van der Waals surface area contributed by atoms with Gasteiger partial charge in [0, 0.05) is 25.7 Å². The molecule has 1 N–H and O–H groups in total. The van der Waals surface area contributed by atoms with Crippen LogP contribution >= 0.6 is 0 Å². The molecular formula is C24H32N2O. The average Bonchev–Trinajstić information content (AvgIpc) is 2.84. The molecule has 2 unspecified atom stereocenters. The van der Waals surface area contributed by atoms with E-state index in [2.05, 4.69) is 60.0 Å². The Morgan fingerprint density at radius 3 is 2.63 bits per heavy atom. The monoisotopic (exact) mass is 364 g/mol. The van der Waals surface area contributed by atoms with E-state index in [0.717, 1.165) is 26.1 Å². The third kappa shape index (κ3) is 3.90.